The van der Waals surface area contributed by atoms with Gasteiger partial charge in [-0.1, -0.05) is 19.9 Å². The van der Waals surface area contributed by atoms with Gasteiger partial charge in [-0.2, -0.15) is 16.1 Å². The van der Waals surface area contributed by atoms with Gasteiger partial charge in [-0.3, -0.25) is 0 Å². The Morgan fingerprint density at radius 3 is 2.48 bits per heavy atom. The summed E-state index contributed by atoms with van der Waals surface area (Å²) in [5.41, 5.74) is 0.727. The number of rotatable bonds is 4. The molecule has 1 aromatic carbocycles. The molecule has 0 aliphatic carbocycles. The number of hydrogen-bond acceptors (Lipinski definition) is 4. The molecule has 7 heteroatoms. The van der Waals surface area contributed by atoms with Gasteiger partial charge in [-0.05, 0) is 24.7 Å². The maximum atomic E-state index is 14.2. The Kier molecular flexibility index (Phi) is 5.29. The van der Waals surface area contributed by atoms with Gasteiger partial charge in [-0.15, -0.1) is 0 Å². The molecule has 4 nitrogen and oxygen atoms in total. The molecule has 1 aliphatic rings. The van der Waals surface area contributed by atoms with Crippen LogP contribution in [0.2, 0.25) is 0 Å². The number of sulfonamides is 1. The zero-order chi connectivity index (χ0) is 15.6. The fourth-order valence-corrected chi connectivity index (χ4v) is 5.71. The van der Waals surface area contributed by atoms with E-state index in [1.165, 1.54) is 16.4 Å². The third-order valence-corrected chi connectivity index (χ3v) is 6.47. The SMILES string of the molecule is CNCc1ccc(S(=O)(=O)N2CC(C)SC(C)C2)c(F)c1. The number of benzene rings is 1. The lowest BCUT2D eigenvalue weighted by molar-refractivity contribution is 0.401. The molecule has 2 unspecified atom stereocenters. The topological polar surface area (TPSA) is 49.4 Å². The lowest BCUT2D eigenvalue weighted by atomic mass is 10.2. The highest BCUT2D eigenvalue weighted by molar-refractivity contribution is 8.00. The molecule has 2 atom stereocenters. The van der Waals surface area contributed by atoms with Gasteiger partial charge in [-0.25, -0.2) is 12.8 Å². The van der Waals surface area contributed by atoms with Crippen molar-refractivity contribution in [2.75, 3.05) is 20.1 Å². The van der Waals surface area contributed by atoms with Crippen LogP contribution in [0.1, 0.15) is 19.4 Å². The van der Waals surface area contributed by atoms with E-state index in [1.807, 2.05) is 13.8 Å². The molecular weight excluding hydrogens is 311 g/mol. The molecule has 21 heavy (non-hydrogen) atoms. The fourth-order valence-electron chi connectivity index (χ4n) is 2.53. The summed E-state index contributed by atoms with van der Waals surface area (Å²) in [4.78, 5) is -0.228. The third kappa shape index (κ3) is 3.77. The second kappa shape index (κ2) is 6.64. The summed E-state index contributed by atoms with van der Waals surface area (Å²) in [5, 5.41) is 3.35. The molecular formula is C14H21FN2O2S2. The van der Waals surface area contributed by atoms with Crippen LogP contribution in [0.3, 0.4) is 0 Å². The van der Waals surface area contributed by atoms with Crippen LogP contribution in [0, 0.1) is 5.82 Å². The molecule has 0 aromatic heterocycles. The van der Waals surface area contributed by atoms with E-state index in [-0.39, 0.29) is 15.4 Å². The van der Waals surface area contributed by atoms with Crippen molar-refractivity contribution in [2.45, 2.75) is 35.8 Å². The third-order valence-electron chi connectivity index (χ3n) is 3.38. The zero-order valence-corrected chi connectivity index (χ0v) is 14.1. The van der Waals surface area contributed by atoms with Gasteiger partial charge >= 0.3 is 0 Å². The number of thioether (sulfide) groups is 1. The summed E-state index contributed by atoms with van der Waals surface area (Å²) in [6.07, 6.45) is 0. The minimum Gasteiger partial charge on any atom is -0.316 e. The van der Waals surface area contributed by atoms with Gasteiger partial charge < -0.3 is 5.32 Å². The van der Waals surface area contributed by atoms with E-state index in [1.54, 1.807) is 24.9 Å². The monoisotopic (exact) mass is 332 g/mol. The molecule has 0 bridgehead atoms. The Morgan fingerprint density at radius 1 is 1.33 bits per heavy atom. The lowest BCUT2D eigenvalue weighted by Crippen LogP contribution is -2.44. The van der Waals surface area contributed by atoms with Gasteiger partial charge in [0.1, 0.15) is 10.7 Å². The maximum Gasteiger partial charge on any atom is 0.246 e. The maximum absolute atomic E-state index is 14.2. The molecule has 1 aliphatic heterocycles. The molecule has 0 saturated carbocycles. The molecule has 1 N–H and O–H groups in total. The highest BCUT2D eigenvalue weighted by atomic mass is 32.2. The van der Waals surface area contributed by atoms with Crippen molar-refractivity contribution in [3.05, 3.63) is 29.6 Å². The van der Waals surface area contributed by atoms with Crippen LogP contribution in [0.25, 0.3) is 0 Å². The lowest BCUT2D eigenvalue weighted by Gasteiger charge is -2.33. The molecule has 1 heterocycles. The average molecular weight is 332 g/mol. The van der Waals surface area contributed by atoms with Crippen LogP contribution >= 0.6 is 11.8 Å². The summed E-state index contributed by atoms with van der Waals surface area (Å²) < 4.78 is 40.8. The summed E-state index contributed by atoms with van der Waals surface area (Å²) in [6, 6.07) is 4.31. The van der Waals surface area contributed by atoms with Crippen LogP contribution < -0.4 is 5.32 Å². The molecule has 0 amide bonds. The first kappa shape index (κ1) is 16.7. The predicted molar refractivity (Wildman–Crippen MR) is 84.4 cm³/mol. The van der Waals surface area contributed by atoms with Crippen molar-refractivity contribution in [2.24, 2.45) is 0 Å². The summed E-state index contributed by atoms with van der Waals surface area (Å²) in [6.45, 7) is 5.35. The Balaban J connectivity index is 2.31. The van der Waals surface area contributed by atoms with Crippen molar-refractivity contribution in [1.29, 1.82) is 0 Å². The van der Waals surface area contributed by atoms with Crippen LogP contribution in [-0.2, 0) is 16.6 Å². The molecule has 0 radical (unpaired) electrons. The number of halogens is 1. The van der Waals surface area contributed by atoms with Gasteiger partial charge in [0.05, 0.1) is 0 Å². The molecule has 1 saturated heterocycles. The Bertz CT molecular complexity index is 597. The van der Waals surface area contributed by atoms with Gasteiger partial charge in [0.15, 0.2) is 0 Å². The van der Waals surface area contributed by atoms with E-state index < -0.39 is 15.8 Å². The normalized spacial score (nSPS) is 24.2. The predicted octanol–water partition coefficient (Wildman–Crippen LogP) is 2.06. The molecule has 0 spiro atoms. The van der Waals surface area contributed by atoms with Gasteiger partial charge in [0.25, 0.3) is 0 Å². The summed E-state index contributed by atoms with van der Waals surface area (Å²) in [5.74, 6) is -0.679. The summed E-state index contributed by atoms with van der Waals surface area (Å²) >= 11 is 1.76. The van der Waals surface area contributed by atoms with E-state index >= 15 is 0 Å². The minimum absolute atomic E-state index is 0.218. The van der Waals surface area contributed by atoms with Crippen LogP contribution in [0.15, 0.2) is 23.1 Å². The quantitative estimate of drug-likeness (QED) is 0.917. The fraction of sp³-hybridized carbons (Fsp3) is 0.571. The van der Waals surface area contributed by atoms with Crippen molar-refractivity contribution in [3.8, 4) is 0 Å². The average Bonchev–Trinajstić information content (AvgIpc) is 2.37. The Hall–Kier alpha value is -0.630. The number of hydrogen-bond donors (Lipinski definition) is 1. The molecule has 118 valence electrons. The Morgan fingerprint density at radius 2 is 1.95 bits per heavy atom. The highest BCUT2D eigenvalue weighted by Gasteiger charge is 2.33. The molecule has 2 rings (SSSR count). The van der Waals surface area contributed by atoms with Crippen molar-refractivity contribution < 1.29 is 12.8 Å². The van der Waals surface area contributed by atoms with Gasteiger partial charge in [0, 0.05) is 30.1 Å². The molecule has 1 aromatic rings. The van der Waals surface area contributed by atoms with Crippen molar-refractivity contribution in [3.63, 3.8) is 0 Å². The first-order chi connectivity index (χ1) is 9.84. The van der Waals surface area contributed by atoms with Crippen LogP contribution in [0.5, 0.6) is 0 Å². The van der Waals surface area contributed by atoms with Crippen LogP contribution in [0.4, 0.5) is 4.39 Å². The second-order valence-electron chi connectivity index (χ2n) is 5.37. The first-order valence-corrected chi connectivity index (χ1v) is 9.31. The number of nitrogens with zero attached hydrogens (tertiary/aromatic N) is 1. The van der Waals surface area contributed by atoms with Crippen LogP contribution in [-0.4, -0.2) is 43.4 Å². The van der Waals surface area contributed by atoms with E-state index in [0.29, 0.717) is 19.6 Å². The molecule has 1 fully saturated rings. The van der Waals surface area contributed by atoms with E-state index in [0.717, 1.165) is 5.56 Å². The van der Waals surface area contributed by atoms with Crippen molar-refractivity contribution >= 4 is 21.8 Å². The smallest absolute Gasteiger partial charge is 0.246 e. The van der Waals surface area contributed by atoms with E-state index in [4.69, 9.17) is 0 Å². The van der Waals surface area contributed by atoms with E-state index in [9.17, 15) is 12.8 Å². The summed E-state index contributed by atoms with van der Waals surface area (Å²) in [7, 11) is -2.01. The highest BCUT2D eigenvalue weighted by Crippen LogP contribution is 2.29. The number of nitrogens with one attached hydrogen (secondary N) is 1. The Labute approximate surface area is 130 Å². The largest absolute Gasteiger partial charge is 0.316 e. The van der Waals surface area contributed by atoms with E-state index in [2.05, 4.69) is 5.32 Å². The standard InChI is InChI=1S/C14H21FN2O2S2/c1-10-8-17(9-11(2)20-10)21(18,19)14-5-4-12(7-16-3)6-13(14)15/h4-6,10-11,16H,7-9H2,1-3H3. The first-order valence-electron chi connectivity index (χ1n) is 6.93. The van der Waals surface area contributed by atoms with Gasteiger partial charge in [0.2, 0.25) is 10.0 Å². The van der Waals surface area contributed by atoms with Crippen molar-refractivity contribution in [1.82, 2.24) is 9.62 Å². The second-order valence-corrected chi connectivity index (χ2v) is 9.16. The zero-order valence-electron chi connectivity index (χ0n) is 12.5. The minimum atomic E-state index is -3.77.